The molecule has 1 fully saturated rings. The smallest absolute Gasteiger partial charge is 0.262 e. The fourth-order valence-corrected chi connectivity index (χ4v) is 9.17. The van der Waals surface area contributed by atoms with Crippen LogP contribution in [0.15, 0.2) is 126 Å². The summed E-state index contributed by atoms with van der Waals surface area (Å²) < 4.78 is 46.4. The molecule has 0 aliphatic carbocycles. The Morgan fingerprint density at radius 2 is 1.00 bits per heavy atom. The summed E-state index contributed by atoms with van der Waals surface area (Å²) in [6.45, 7) is 2.89. The third kappa shape index (κ3) is 6.67. The predicted octanol–water partition coefficient (Wildman–Crippen LogP) is 0.0416. The second-order valence-electron chi connectivity index (χ2n) is 9.17. The van der Waals surface area contributed by atoms with Gasteiger partial charge in [-0.25, -0.2) is 18.6 Å². The highest BCUT2D eigenvalue weighted by Crippen LogP contribution is 2.56. The van der Waals surface area contributed by atoms with Gasteiger partial charge in [0.25, 0.3) is 11.3 Å². The van der Waals surface area contributed by atoms with Crippen LogP contribution in [0.5, 0.6) is 0 Å². The highest BCUT2D eigenvalue weighted by molar-refractivity contribution is 8.01. The molecule has 1 aromatic heterocycles. The predicted molar refractivity (Wildman–Crippen MR) is 150 cm³/mol. The largest absolute Gasteiger partial charge is 0.416 e. The highest BCUT2D eigenvalue weighted by atomic mass is 35.7. The number of nitrogens with zero attached hydrogens (tertiary/aromatic N) is 2. The van der Waals surface area contributed by atoms with Crippen molar-refractivity contribution >= 4 is 34.5 Å². The lowest BCUT2D eigenvalue weighted by atomic mass is 10.2. The van der Waals surface area contributed by atoms with E-state index in [9.17, 15) is 0 Å². The van der Waals surface area contributed by atoms with E-state index in [0.717, 1.165) is 30.0 Å². The first-order valence-electron chi connectivity index (χ1n) is 12.9. The van der Waals surface area contributed by atoms with Crippen molar-refractivity contribution < 1.29 is 38.0 Å². The molecule has 0 N–H and O–H groups in total. The summed E-state index contributed by atoms with van der Waals surface area (Å²) in [6.07, 6.45) is 0. The van der Waals surface area contributed by atoms with Crippen LogP contribution >= 0.6 is 7.26 Å². The number of benzene rings is 4. The molecule has 2 heterocycles. The van der Waals surface area contributed by atoms with Crippen LogP contribution in [0.3, 0.4) is 0 Å². The average molecular weight is 591 g/mol. The van der Waals surface area contributed by atoms with Gasteiger partial charge in [-0.3, -0.25) is 0 Å². The first kappa shape index (κ1) is 28.9. The van der Waals surface area contributed by atoms with Gasteiger partial charge in [-0.05, 0) is 48.5 Å². The fourth-order valence-electron chi connectivity index (χ4n) is 4.97. The molecule has 6 rings (SSSR count). The van der Waals surface area contributed by atoms with Gasteiger partial charge < -0.3 is 14.1 Å². The summed E-state index contributed by atoms with van der Waals surface area (Å²) in [4.78, 5) is 7.66. The third-order valence-electron chi connectivity index (χ3n) is 6.66. The Labute approximate surface area is 241 Å². The van der Waals surface area contributed by atoms with Crippen LogP contribution < -0.4 is 44.9 Å². The number of morpholine rings is 1. The SMILES string of the molecule is [O-][Cl+3]([O-])([O-])[O-].c1ccc(-c2nc([P+](c3ccccc3)(c3ccccc3)c3ccccc3)c(N3CCOCC3)o2)cc1. The van der Waals surface area contributed by atoms with E-state index in [0.29, 0.717) is 19.1 Å². The molecular formula is C31H28ClN2O6P. The number of rotatable bonds is 6. The molecule has 0 saturated carbocycles. The Morgan fingerprint density at radius 3 is 1.41 bits per heavy atom. The minimum atomic E-state index is -4.94. The van der Waals surface area contributed by atoms with E-state index in [1.165, 1.54) is 15.9 Å². The number of hydrogen-bond acceptors (Lipinski definition) is 8. The van der Waals surface area contributed by atoms with E-state index in [1.807, 2.05) is 18.2 Å². The van der Waals surface area contributed by atoms with E-state index in [4.69, 9.17) is 32.8 Å². The van der Waals surface area contributed by atoms with Crippen LogP contribution in [0.25, 0.3) is 11.5 Å². The van der Waals surface area contributed by atoms with Crippen molar-refractivity contribution in [3.05, 3.63) is 121 Å². The Kier molecular flexibility index (Phi) is 9.12. The van der Waals surface area contributed by atoms with Gasteiger partial charge in [0, 0.05) is 18.7 Å². The molecule has 1 aliphatic rings. The maximum absolute atomic E-state index is 8.49. The summed E-state index contributed by atoms with van der Waals surface area (Å²) in [5.41, 5.74) is 1.98. The lowest BCUT2D eigenvalue weighted by Crippen LogP contribution is -2.68. The van der Waals surface area contributed by atoms with Crippen molar-refractivity contribution in [3.63, 3.8) is 0 Å². The van der Waals surface area contributed by atoms with E-state index < -0.39 is 17.5 Å². The second kappa shape index (κ2) is 12.9. The molecule has 0 atom stereocenters. The van der Waals surface area contributed by atoms with Gasteiger partial charge in [0.2, 0.25) is 5.89 Å². The van der Waals surface area contributed by atoms with Crippen LogP contribution in [0.2, 0.25) is 0 Å². The van der Waals surface area contributed by atoms with Gasteiger partial charge in [-0.1, -0.05) is 72.8 Å². The number of hydrogen-bond donors (Lipinski definition) is 0. The van der Waals surface area contributed by atoms with Crippen LogP contribution in [0, 0.1) is 10.2 Å². The molecule has 0 radical (unpaired) electrons. The maximum atomic E-state index is 8.49. The maximum Gasteiger partial charge on any atom is 0.262 e. The van der Waals surface area contributed by atoms with Crippen LogP contribution in [0.1, 0.15) is 0 Å². The van der Waals surface area contributed by atoms with Gasteiger partial charge >= 0.3 is 0 Å². The van der Waals surface area contributed by atoms with E-state index in [2.05, 4.69) is 108 Å². The van der Waals surface area contributed by atoms with Crippen molar-refractivity contribution in [3.8, 4) is 11.5 Å². The molecular weight excluding hydrogens is 563 g/mol. The zero-order valence-electron chi connectivity index (χ0n) is 22.0. The van der Waals surface area contributed by atoms with Gasteiger partial charge in [0.15, 0.2) is 7.26 Å². The first-order chi connectivity index (χ1) is 19.9. The van der Waals surface area contributed by atoms with Crippen molar-refractivity contribution in [1.82, 2.24) is 4.98 Å². The summed E-state index contributed by atoms with van der Waals surface area (Å²) in [5.74, 6) is 1.50. The first-order valence-corrected chi connectivity index (χ1v) is 16.0. The normalized spacial score (nSPS) is 13.8. The fraction of sp³-hybridized carbons (Fsp3) is 0.129. The van der Waals surface area contributed by atoms with E-state index in [-0.39, 0.29) is 0 Å². The zero-order valence-corrected chi connectivity index (χ0v) is 23.7. The summed E-state index contributed by atoms with van der Waals surface area (Å²) in [5, 5.41) is 3.76. The molecule has 41 heavy (non-hydrogen) atoms. The Hall–Kier alpha value is -3.59. The molecule has 0 unspecified atom stereocenters. The molecule has 210 valence electrons. The number of anilines is 1. The van der Waals surface area contributed by atoms with Gasteiger partial charge in [0.1, 0.15) is 15.9 Å². The molecule has 0 amide bonds. The third-order valence-corrected chi connectivity index (χ3v) is 10.8. The van der Waals surface area contributed by atoms with Crippen molar-refractivity contribution in [1.29, 1.82) is 0 Å². The van der Waals surface area contributed by atoms with Crippen LogP contribution in [-0.4, -0.2) is 31.3 Å². The van der Waals surface area contributed by atoms with Crippen LogP contribution in [-0.2, 0) is 4.74 Å². The molecule has 8 nitrogen and oxygen atoms in total. The van der Waals surface area contributed by atoms with Crippen LogP contribution in [0.4, 0.5) is 5.88 Å². The molecule has 5 aromatic rings. The van der Waals surface area contributed by atoms with Gasteiger partial charge in [-0.15, -0.1) is 10.2 Å². The zero-order chi connectivity index (χ0) is 28.7. The lowest BCUT2D eigenvalue weighted by Gasteiger charge is -2.30. The number of aromatic nitrogens is 1. The summed E-state index contributed by atoms with van der Waals surface area (Å²) >= 11 is 0. The number of oxazole rings is 1. The Bertz CT molecular complexity index is 1410. The molecule has 1 aliphatic heterocycles. The van der Waals surface area contributed by atoms with Gasteiger partial charge in [-0.2, -0.15) is 4.98 Å². The van der Waals surface area contributed by atoms with Gasteiger partial charge in [0.05, 0.1) is 13.2 Å². The molecule has 0 bridgehead atoms. The van der Waals surface area contributed by atoms with Crippen molar-refractivity contribution in [2.75, 3.05) is 31.2 Å². The van der Waals surface area contributed by atoms with Crippen molar-refractivity contribution in [2.24, 2.45) is 0 Å². The molecule has 10 heteroatoms. The quantitative estimate of drug-likeness (QED) is 0.253. The number of halogens is 1. The summed E-state index contributed by atoms with van der Waals surface area (Å²) in [6, 6.07) is 42.7. The minimum Gasteiger partial charge on any atom is -0.416 e. The number of ether oxygens (including phenoxy) is 1. The molecule has 4 aromatic carbocycles. The minimum absolute atomic E-state index is 0.652. The Morgan fingerprint density at radius 1 is 0.610 bits per heavy atom. The average Bonchev–Trinajstić information content (AvgIpc) is 3.45. The molecule has 0 spiro atoms. The molecule has 1 saturated heterocycles. The van der Waals surface area contributed by atoms with Crippen molar-refractivity contribution in [2.45, 2.75) is 0 Å². The second-order valence-corrected chi connectivity index (χ2v) is 13.2. The Balaban J connectivity index is 0.000000623. The lowest BCUT2D eigenvalue weighted by molar-refractivity contribution is -2.00. The van der Waals surface area contributed by atoms with E-state index >= 15 is 0 Å². The summed E-state index contributed by atoms with van der Waals surface area (Å²) in [7, 11) is -7.34. The monoisotopic (exact) mass is 590 g/mol. The topological polar surface area (TPSA) is 131 Å². The highest BCUT2D eigenvalue weighted by Gasteiger charge is 2.53. The standard InChI is InChI=1S/C31H28N2O2P.ClHO4/c1-5-13-25(14-6-1)29-32-30(31(35-29)33-21-23-34-24-22-33)36(26-15-7-2-8-16-26,27-17-9-3-10-18-27)28-19-11-4-12-20-28;2-1(3,4)5/h1-20H,21-24H2;(H,2,3,4,5)/q+1;/p-1. The van der Waals surface area contributed by atoms with E-state index in [1.54, 1.807) is 0 Å².